The molecule has 0 saturated carbocycles. The molecule has 21 heavy (non-hydrogen) atoms. The number of nitrogens with zero attached hydrogens (tertiary/aromatic N) is 2. The molecule has 0 fully saturated rings. The van der Waals surface area contributed by atoms with Crippen LogP contribution in [0.25, 0.3) is 11.5 Å². The van der Waals surface area contributed by atoms with Crippen LogP contribution in [-0.4, -0.2) is 11.2 Å². The summed E-state index contributed by atoms with van der Waals surface area (Å²) in [7, 11) is 0. The second-order valence-corrected chi connectivity index (χ2v) is 5.59. The molecule has 0 N–H and O–H groups in total. The molecule has 0 atom stereocenters. The van der Waals surface area contributed by atoms with Crippen molar-refractivity contribution in [3.8, 4) is 11.5 Å². The van der Waals surface area contributed by atoms with Crippen molar-refractivity contribution >= 4 is 29.2 Å². The van der Waals surface area contributed by atoms with E-state index in [0.29, 0.717) is 16.6 Å². The fourth-order valence-electron chi connectivity index (χ4n) is 1.68. The maximum atomic E-state index is 5.94. The largest absolute Gasteiger partial charge is 0.444 e. The van der Waals surface area contributed by atoms with E-state index < -0.39 is 0 Å². The third-order valence-corrected chi connectivity index (χ3v) is 3.68. The fraction of sp³-hybridized carbons (Fsp3) is 0.0667. The van der Waals surface area contributed by atoms with Crippen LogP contribution in [0, 0.1) is 0 Å². The van der Waals surface area contributed by atoms with Crippen molar-refractivity contribution in [1.29, 1.82) is 0 Å². The predicted octanol–water partition coefficient (Wildman–Crippen LogP) is 4.61. The molecule has 0 unspecified atom stereocenters. The van der Waals surface area contributed by atoms with Crippen molar-refractivity contribution in [2.24, 2.45) is 5.16 Å². The lowest BCUT2D eigenvalue weighted by atomic mass is 10.2. The Hall–Kier alpha value is -2.11. The van der Waals surface area contributed by atoms with E-state index in [1.807, 2.05) is 29.6 Å². The monoisotopic (exact) mass is 318 g/mol. The van der Waals surface area contributed by atoms with Gasteiger partial charge in [0.2, 0.25) is 5.89 Å². The summed E-state index contributed by atoms with van der Waals surface area (Å²) in [4.78, 5) is 10.6. The molecule has 2 heterocycles. The van der Waals surface area contributed by atoms with Crippen LogP contribution in [0.3, 0.4) is 0 Å². The molecule has 0 bridgehead atoms. The maximum Gasteiger partial charge on any atom is 0.226 e. The molecule has 1 aromatic carbocycles. The Morgan fingerprint density at radius 3 is 3.10 bits per heavy atom. The molecule has 6 heteroatoms. The standard InChI is InChI=1S/C15H11ClN2O2S/c16-12-4-1-3-11(7-12)15-18-13(9-19-15)10-20-17-8-14-5-2-6-21-14/h1-9H,10H2/b17-8+. The van der Waals surface area contributed by atoms with Gasteiger partial charge in [-0.25, -0.2) is 4.98 Å². The van der Waals surface area contributed by atoms with Crippen LogP contribution in [0.15, 0.2) is 57.6 Å². The summed E-state index contributed by atoms with van der Waals surface area (Å²) in [5, 5.41) is 6.51. The summed E-state index contributed by atoms with van der Waals surface area (Å²) in [6, 6.07) is 11.3. The molecule has 4 nitrogen and oxygen atoms in total. The van der Waals surface area contributed by atoms with Gasteiger partial charge in [0.25, 0.3) is 0 Å². The molecule has 106 valence electrons. The number of oxime groups is 1. The van der Waals surface area contributed by atoms with Crippen LogP contribution in [0.1, 0.15) is 10.6 Å². The Bertz CT molecular complexity index is 738. The van der Waals surface area contributed by atoms with Gasteiger partial charge in [-0.1, -0.05) is 28.9 Å². The second-order valence-electron chi connectivity index (χ2n) is 4.18. The zero-order valence-electron chi connectivity index (χ0n) is 10.9. The summed E-state index contributed by atoms with van der Waals surface area (Å²) in [5.41, 5.74) is 1.50. The van der Waals surface area contributed by atoms with Gasteiger partial charge in [0.15, 0.2) is 6.61 Å². The van der Waals surface area contributed by atoms with Crippen molar-refractivity contribution in [3.05, 3.63) is 63.6 Å². The zero-order chi connectivity index (χ0) is 14.5. The number of aromatic nitrogens is 1. The van der Waals surface area contributed by atoms with Crippen LogP contribution < -0.4 is 0 Å². The van der Waals surface area contributed by atoms with Crippen molar-refractivity contribution in [2.45, 2.75) is 6.61 Å². The number of thiophene rings is 1. The molecule has 3 rings (SSSR count). The predicted molar refractivity (Wildman–Crippen MR) is 83.7 cm³/mol. The molecule has 0 aliphatic rings. The zero-order valence-corrected chi connectivity index (χ0v) is 12.5. The minimum Gasteiger partial charge on any atom is -0.444 e. The van der Waals surface area contributed by atoms with Crippen molar-refractivity contribution in [2.75, 3.05) is 0 Å². The topological polar surface area (TPSA) is 47.6 Å². The highest BCUT2D eigenvalue weighted by molar-refractivity contribution is 7.11. The third kappa shape index (κ3) is 3.71. The average molecular weight is 319 g/mol. The first-order chi connectivity index (χ1) is 10.3. The second kappa shape index (κ2) is 6.56. The van der Waals surface area contributed by atoms with Crippen LogP contribution in [0.4, 0.5) is 0 Å². The van der Waals surface area contributed by atoms with E-state index in [1.54, 1.807) is 35.9 Å². The highest BCUT2D eigenvalue weighted by Gasteiger charge is 2.07. The van der Waals surface area contributed by atoms with E-state index in [9.17, 15) is 0 Å². The number of rotatable bonds is 5. The lowest BCUT2D eigenvalue weighted by Crippen LogP contribution is -1.88. The van der Waals surface area contributed by atoms with Crippen LogP contribution in [0.2, 0.25) is 5.02 Å². The van der Waals surface area contributed by atoms with Crippen LogP contribution in [0.5, 0.6) is 0 Å². The van der Waals surface area contributed by atoms with E-state index in [1.165, 1.54) is 0 Å². The molecule has 0 amide bonds. The molecule has 0 radical (unpaired) electrons. The Balaban J connectivity index is 1.60. The normalized spacial score (nSPS) is 11.1. The number of halogens is 1. The lowest BCUT2D eigenvalue weighted by molar-refractivity contribution is 0.129. The summed E-state index contributed by atoms with van der Waals surface area (Å²) in [6.45, 7) is 0.256. The third-order valence-electron chi connectivity index (χ3n) is 2.63. The minimum atomic E-state index is 0.256. The molecule has 0 spiro atoms. The Morgan fingerprint density at radius 2 is 2.29 bits per heavy atom. The minimum absolute atomic E-state index is 0.256. The number of hydrogen-bond acceptors (Lipinski definition) is 5. The smallest absolute Gasteiger partial charge is 0.226 e. The van der Waals surface area contributed by atoms with Crippen molar-refractivity contribution in [3.63, 3.8) is 0 Å². The van der Waals surface area contributed by atoms with Crippen molar-refractivity contribution < 1.29 is 9.25 Å². The number of hydrogen-bond donors (Lipinski definition) is 0. The summed E-state index contributed by atoms with van der Waals surface area (Å²) < 4.78 is 5.41. The lowest BCUT2D eigenvalue weighted by Gasteiger charge is -1.95. The molecular weight excluding hydrogens is 308 g/mol. The first-order valence-electron chi connectivity index (χ1n) is 6.20. The number of oxazole rings is 1. The van der Waals surface area contributed by atoms with E-state index in [-0.39, 0.29) is 6.61 Å². The first kappa shape index (κ1) is 13.9. The van der Waals surface area contributed by atoms with Gasteiger partial charge in [0, 0.05) is 15.5 Å². The van der Waals surface area contributed by atoms with Crippen molar-refractivity contribution in [1.82, 2.24) is 4.98 Å². The SMILES string of the molecule is Clc1cccc(-c2nc(CO/N=C/c3cccs3)co2)c1. The van der Waals surface area contributed by atoms with E-state index in [2.05, 4.69) is 10.1 Å². The Labute approximate surface area is 130 Å². The average Bonchev–Trinajstić information content (AvgIpc) is 3.15. The molecule has 0 saturated heterocycles. The number of benzene rings is 1. The fourth-order valence-corrected chi connectivity index (χ4v) is 2.45. The van der Waals surface area contributed by atoms with Gasteiger partial charge in [0.05, 0.1) is 6.21 Å². The highest BCUT2D eigenvalue weighted by Crippen LogP contribution is 2.22. The van der Waals surface area contributed by atoms with E-state index in [4.69, 9.17) is 20.9 Å². The molecular formula is C15H11ClN2O2S. The summed E-state index contributed by atoms with van der Waals surface area (Å²) >= 11 is 7.54. The molecule has 0 aliphatic carbocycles. The highest BCUT2D eigenvalue weighted by atomic mass is 35.5. The van der Waals surface area contributed by atoms with Crippen LogP contribution in [-0.2, 0) is 11.4 Å². The molecule has 3 aromatic rings. The molecule has 0 aliphatic heterocycles. The molecule has 2 aromatic heterocycles. The van der Waals surface area contributed by atoms with Crippen LogP contribution >= 0.6 is 22.9 Å². The first-order valence-corrected chi connectivity index (χ1v) is 7.46. The Morgan fingerprint density at radius 1 is 1.33 bits per heavy atom. The Kier molecular flexibility index (Phi) is 4.33. The van der Waals surface area contributed by atoms with Gasteiger partial charge in [0.1, 0.15) is 12.0 Å². The maximum absolute atomic E-state index is 5.94. The van der Waals surface area contributed by atoms with Gasteiger partial charge in [-0.15, -0.1) is 11.3 Å². The van der Waals surface area contributed by atoms with Gasteiger partial charge in [-0.3, -0.25) is 0 Å². The van der Waals surface area contributed by atoms with Gasteiger partial charge < -0.3 is 9.25 Å². The van der Waals surface area contributed by atoms with E-state index >= 15 is 0 Å². The summed E-state index contributed by atoms with van der Waals surface area (Å²) in [5.74, 6) is 0.512. The van der Waals surface area contributed by atoms with Gasteiger partial charge >= 0.3 is 0 Å². The van der Waals surface area contributed by atoms with Gasteiger partial charge in [-0.2, -0.15) is 0 Å². The summed E-state index contributed by atoms with van der Waals surface area (Å²) in [6.07, 6.45) is 3.22. The van der Waals surface area contributed by atoms with Gasteiger partial charge in [-0.05, 0) is 29.6 Å². The van der Waals surface area contributed by atoms with E-state index in [0.717, 1.165) is 10.4 Å². The quantitative estimate of drug-likeness (QED) is 0.510.